The van der Waals surface area contributed by atoms with Gasteiger partial charge < -0.3 is 19.7 Å². The van der Waals surface area contributed by atoms with Gasteiger partial charge in [-0.15, -0.1) is 10.2 Å². The fourth-order valence-electron chi connectivity index (χ4n) is 3.49. The van der Waals surface area contributed by atoms with Crippen molar-refractivity contribution in [3.8, 4) is 17.0 Å². The first-order valence-corrected chi connectivity index (χ1v) is 9.11. The molecule has 3 aromatic rings. The zero-order valence-corrected chi connectivity index (χ0v) is 16.0. The summed E-state index contributed by atoms with van der Waals surface area (Å²) in [5.41, 5.74) is 2.32. The summed E-state index contributed by atoms with van der Waals surface area (Å²) in [5, 5.41) is 22.5. The number of hydrogen-bond donors (Lipinski definition) is 2. The van der Waals surface area contributed by atoms with E-state index in [2.05, 4.69) is 51.2 Å². The van der Waals surface area contributed by atoms with Crippen LogP contribution in [0.1, 0.15) is 33.1 Å². The predicted molar refractivity (Wildman–Crippen MR) is 103 cm³/mol. The lowest BCUT2D eigenvalue weighted by atomic mass is 10.1. The van der Waals surface area contributed by atoms with Crippen molar-refractivity contribution in [2.24, 2.45) is 0 Å². The Bertz CT molecular complexity index is 961. The first-order chi connectivity index (χ1) is 12.8. The summed E-state index contributed by atoms with van der Waals surface area (Å²) in [5.74, 6) is 1.23. The van der Waals surface area contributed by atoms with Crippen LogP contribution in [0.3, 0.4) is 0 Å². The molecular weight excluding hydrogens is 344 g/mol. The van der Waals surface area contributed by atoms with Gasteiger partial charge in [0.1, 0.15) is 17.0 Å². The predicted octanol–water partition coefficient (Wildman–Crippen LogP) is 2.66. The van der Waals surface area contributed by atoms with Crippen LogP contribution < -0.4 is 10.2 Å². The molecule has 27 heavy (non-hydrogen) atoms. The van der Waals surface area contributed by atoms with Gasteiger partial charge in [-0.2, -0.15) is 0 Å². The first-order valence-electron chi connectivity index (χ1n) is 9.11. The van der Waals surface area contributed by atoms with Crippen LogP contribution in [0.5, 0.6) is 5.75 Å². The molecule has 3 heterocycles. The molecule has 0 amide bonds. The molecule has 1 saturated heterocycles. The molecule has 2 aromatic heterocycles. The van der Waals surface area contributed by atoms with E-state index in [9.17, 15) is 5.11 Å². The van der Waals surface area contributed by atoms with Crippen LogP contribution in [0.15, 0.2) is 22.7 Å². The molecule has 142 valence electrons. The highest BCUT2D eigenvalue weighted by Crippen LogP contribution is 2.32. The lowest BCUT2D eigenvalue weighted by Gasteiger charge is -2.25. The molecule has 2 N–H and O–H groups in total. The molecule has 0 saturated carbocycles. The van der Waals surface area contributed by atoms with E-state index in [1.54, 1.807) is 25.3 Å². The number of hydrogen-bond acceptors (Lipinski definition) is 8. The Hall–Kier alpha value is -2.74. The summed E-state index contributed by atoms with van der Waals surface area (Å²) in [4.78, 5) is 10.8. The zero-order chi connectivity index (χ0) is 19.2. The van der Waals surface area contributed by atoms with Crippen molar-refractivity contribution in [2.45, 2.75) is 45.7 Å². The standard InChI is InChI=1S/C19H24N6O2/c1-11-21-14-8-16(26)13(7-17(14)27-11)15-9-20-18(24-23-15)25-6-5-12(10-25)22-19(2,3)4/h7-9,12,22,26H,5-6,10H2,1-4H3/t12-/m0/s1. The van der Waals surface area contributed by atoms with Gasteiger partial charge in [0, 0.05) is 43.2 Å². The van der Waals surface area contributed by atoms with Gasteiger partial charge in [0.25, 0.3) is 0 Å². The average Bonchev–Trinajstić information content (AvgIpc) is 3.18. The molecule has 0 aliphatic carbocycles. The normalized spacial score (nSPS) is 17.8. The molecule has 1 fully saturated rings. The van der Waals surface area contributed by atoms with E-state index >= 15 is 0 Å². The van der Waals surface area contributed by atoms with Crippen LogP contribution >= 0.6 is 0 Å². The SMILES string of the molecule is Cc1nc2cc(O)c(-c3cnc(N4CC[C@H](NC(C)(C)C)C4)nn3)cc2o1. The average molecular weight is 368 g/mol. The number of phenols is 1. The number of anilines is 1. The highest BCUT2D eigenvalue weighted by molar-refractivity contribution is 5.83. The van der Waals surface area contributed by atoms with Crippen LogP contribution in [0.2, 0.25) is 0 Å². The van der Waals surface area contributed by atoms with E-state index in [-0.39, 0.29) is 11.3 Å². The number of nitrogens with zero attached hydrogens (tertiary/aromatic N) is 5. The summed E-state index contributed by atoms with van der Waals surface area (Å²) >= 11 is 0. The summed E-state index contributed by atoms with van der Waals surface area (Å²) in [6.45, 7) is 10.0. The number of aryl methyl sites for hydroxylation is 1. The second-order valence-electron chi connectivity index (χ2n) is 8.04. The minimum atomic E-state index is 0.0789. The highest BCUT2D eigenvalue weighted by atomic mass is 16.3. The molecule has 8 nitrogen and oxygen atoms in total. The topological polar surface area (TPSA) is 100 Å². The summed E-state index contributed by atoms with van der Waals surface area (Å²) < 4.78 is 5.54. The van der Waals surface area contributed by atoms with Gasteiger partial charge in [0.2, 0.25) is 5.95 Å². The molecule has 8 heteroatoms. The van der Waals surface area contributed by atoms with Gasteiger partial charge in [0.15, 0.2) is 11.5 Å². The number of fused-ring (bicyclic) bond motifs is 1. The lowest BCUT2D eigenvalue weighted by Crippen LogP contribution is -2.45. The van der Waals surface area contributed by atoms with Crippen LogP contribution in [-0.2, 0) is 0 Å². The number of oxazole rings is 1. The van der Waals surface area contributed by atoms with Crippen molar-refractivity contribution in [1.82, 2.24) is 25.5 Å². The molecule has 0 radical (unpaired) electrons. The van der Waals surface area contributed by atoms with Crippen LogP contribution in [-0.4, -0.2) is 49.9 Å². The second kappa shape index (κ2) is 6.45. The largest absolute Gasteiger partial charge is 0.507 e. The quantitative estimate of drug-likeness (QED) is 0.728. The first kappa shape index (κ1) is 17.7. The molecule has 0 bridgehead atoms. The molecule has 4 rings (SSSR count). The lowest BCUT2D eigenvalue weighted by molar-refractivity contribution is 0.373. The van der Waals surface area contributed by atoms with E-state index in [4.69, 9.17) is 4.42 Å². The Morgan fingerprint density at radius 1 is 1.26 bits per heavy atom. The molecule has 1 aliphatic rings. The van der Waals surface area contributed by atoms with Gasteiger partial charge in [-0.1, -0.05) is 0 Å². The van der Waals surface area contributed by atoms with Crippen LogP contribution in [0, 0.1) is 6.92 Å². The van der Waals surface area contributed by atoms with Gasteiger partial charge in [0.05, 0.1) is 6.20 Å². The van der Waals surface area contributed by atoms with E-state index in [1.807, 2.05) is 0 Å². The minimum Gasteiger partial charge on any atom is -0.507 e. The Balaban J connectivity index is 1.54. The maximum absolute atomic E-state index is 10.3. The number of phenolic OH excluding ortho intramolecular Hbond substituents is 1. The molecule has 1 aliphatic heterocycles. The maximum atomic E-state index is 10.3. The third kappa shape index (κ3) is 3.71. The highest BCUT2D eigenvalue weighted by Gasteiger charge is 2.27. The number of benzene rings is 1. The number of aromatic nitrogens is 4. The van der Waals surface area contributed by atoms with Crippen molar-refractivity contribution in [3.05, 3.63) is 24.2 Å². The molecule has 1 atom stereocenters. The van der Waals surface area contributed by atoms with E-state index in [0.29, 0.717) is 40.2 Å². The molecular formula is C19H24N6O2. The zero-order valence-electron chi connectivity index (χ0n) is 16.0. The number of aromatic hydroxyl groups is 1. The fraction of sp³-hybridized carbons (Fsp3) is 0.474. The van der Waals surface area contributed by atoms with E-state index in [0.717, 1.165) is 19.5 Å². The van der Waals surface area contributed by atoms with Crippen molar-refractivity contribution >= 4 is 17.0 Å². The van der Waals surface area contributed by atoms with E-state index < -0.39 is 0 Å². The van der Waals surface area contributed by atoms with Gasteiger partial charge in [-0.25, -0.2) is 9.97 Å². The molecule has 0 spiro atoms. The second-order valence-corrected chi connectivity index (χ2v) is 8.04. The van der Waals surface area contributed by atoms with Gasteiger partial charge in [-0.05, 0) is 33.3 Å². The molecule has 0 unspecified atom stereocenters. The summed E-state index contributed by atoms with van der Waals surface area (Å²) in [6.07, 6.45) is 2.68. The Morgan fingerprint density at radius 3 is 2.78 bits per heavy atom. The monoisotopic (exact) mass is 368 g/mol. The van der Waals surface area contributed by atoms with Crippen molar-refractivity contribution < 1.29 is 9.52 Å². The number of rotatable bonds is 3. The van der Waals surface area contributed by atoms with Crippen molar-refractivity contribution in [2.75, 3.05) is 18.0 Å². The van der Waals surface area contributed by atoms with Crippen LogP contribution in [0.25, 0.3) is 22.4 Å². The Labute approximate surface area is 157 Å². The summed E-state index contributed by atoms with van der Waals surface area (Å²) in [7, 11) is 0. The minimum absolute atomic E-state index is 0.0789. The van der Waals surface area contributed by atoms with Gasteiger partial charge >= 0.3 is 0 Å². The number of nitrogens with one attached hydrogen (secondary N) is 1. The fourth-order valence-corrected chi connectivity index (χ4v) is 3.49. The van der Waals surface area contributed by atoms with E-state index in [1.165, 1.54) is 0 Å². The Kier molecular flexibility index (Phi) is 4.22. The smallest absolute Gasteiger partial charge is 0.245 e. The van der Waals surface area contributed by atoms with Gasteiger partial charge in [-0.3, -0.25) is 0 Å². The third-order valence-corrected chi connectivity index (χ3v) is 4.55. The van der Waals surface area contributed by atoms with Crippen molar-refractivity contribution in [3.63, 3.8) is 0 Å². The van der Waals surface area contributed by atoms with Crippen molar-refractivity contribution in [1.29, 1.82) is 0 Å². The Morgan fingerprint density at radius 2 is 2.07 bits per heavy atom. The third-order valence-electron chi connectivity index (χ3n) is 4.55. The summed E-state index contributed by atoms with van der Waals surface area (Å²) in [6, 6.07) is 3.70. The maximum Gasteiger partial charge on any atom is 0.245 e. The van der Waals surface area contributed by atoms with Crippen LogP contribution in [0.4, 0.5) is 5.95 Å². The molecule has 1 aromatic carbocycles.